The Morgan fingerprint density at radius 3 is 2.42 bits per heavy atom. The first kappa shape index (κ1) is 12.3. The van der Waals surface area contributed by atoms with Gasteiger partial charge in [-0.25, -0.2) is 0 Å². The molecule has 0 fully saturated rings. The Morgan fingerprint density at radius 1 is 0.947 bits per heavy atom. The monoisotopic (exact) mass is 293 g/mol. The molecule has 3 rings (SSSR count). The summed E-state index contributed by atoms with van der Waals surface area (Å²) in [7, 11) is 0. The minimum atomic E-state index is -0.566. The highest BCUT2D eigenvalue weighted by Crippen LogP contribution is 2.29. The number of halogens is 2. The number of nitrogens with zero attached hydrogens (tertiary/aromatic N) is 1. The van der Waals surface area contributed by atoms with Crippen molar-refractivity contribution in [3.8, 4) is 0 Å². The Hall–Kier alpha value is -1.71. The van der Waals surface area contributed by atoms with Gasteiger partial charge in [0.2, 0.25) is 0 Å². The van der Waals surface area contributed by atoms with Crippen molar-refractivity contribution in [3.05, 3.63) is 69.7 Å². The maximum absolute atomic E-state index is 6.08. The summed E-state index contributed by atoms with van der Waals surface area (Å²) >= 11 is 11.9. The normalized spacial score (nSPS) is 17.6. The molecule has 0 aliphatic carbocycles. The van der Waals surface area contributed by atoms with E-state index in [1.54, 1.807) is 18.2 Å². The molecule has 1 unspecified atom stereocenters. The maximum atomic E-state index is 6.08. The number of rotatable bonds is 2. The highest BCUT2D eigenvalue weighted by molar-refractivity contribution is 6.33. The molecule has 0 N–H and O–H groups in total. The molecule has 2 aromatic carbocycles. The van der Waals surface area contributed by atoms with Gasteiger partial charge in [-0.2, -0.15) is 0 Å². The van der Waals surface area contributed by atoms with E-state index in [0.29, 0.717) is 21.5 Å². The molecule has 0 radical (unpaired) electrons. The van der Waals surface area contributed by atoms with E-state index in [2.05, 4.69) is 5.16 Å². The lowest BCUT2D eigenvalue weighted by molar-refractivity contribution is -0.0498. The highest BCUT2D eigenvalue weighted by atomic mass is 35.5. The second-order valence-corrected chi connectivity index (χ2v) is 4.83. The van der Waals surface area contributed by atoms with E-state index in [1.165, 1.54) is 0 Å². The smallest absolute Gasteiger partial charge is 0.293 e. The van der Waals surface area contributed by atoms with Gasteiger partial charge >= 0.3 is 0 Å². The summed E-state index contributed by atoms with van der Waals surface area (Å²) in [6.07, 6.45) is -0.566. The minimum Gasteiger partial charge on any atom is -0.428 e. The summed E-state index contributed by atoms with van der Waals surface area (Å²) in [5, 5.41) is 5.16. The van der Waals surface area contributed by atoms with Crippen LogP contribution in [0.4, 0.5) is 0 Å². The van der Waals surface area contributed by atoms with Gasteiger partial charge in [0.1, 0.15) is 0 Å². The summed E-state index contributed by atoms with van der Waals surface area (Å²) < 4.78 is 5.65. The molecular weight excluding hydrogens is 285 g/mol. The summed E-state index contributed by atoms with van der Waals surface area (Å²) in [5.74, 6) is 0.380. The average Bonchev–Trinajstić information content (AvgIpc) is 2.89. The van der Waals surface area contributed by atoms with Gasteiger partial charge in [0, 0.05) is 10.6 Å². The Bertz CT molecular complexity index is 626. The number of ether oxygens (including phenoxy) is 1. The van der Waals surface area contributed by atoms with Gasteiger partial charge in [0.15, 0.2) is 0 Å². The third-order valence-electron chi connectivity index (χ3n) is 2.70. The zero-order valence-electron chi connectivity index (χ0n) is 9.72. The fourth-order valence-corrected chi connectivity index (χ4v) is 2.08. The summed E-state index contributed by atoms with van der Waals surface area (Å²) in [6.45, 7) is 0. The Labute approximate surface area is 120 Å². The zero-order chi connectivity index (χ0) is 13.2. The van der Waals surface area contributed by atoms with Crippen molar-refractivity contribution in [1.82, 2.24) is 0 Å². The molecule has 0 amide bonds. The van der Waals surface area contributed by atoms with Crippen LogP contribution in [-0.2, 0) is 9.57 Å². The molecule has 19 heavy (non-hydrogen) atoms. The first-order chi connectivity index (χ1) is 9.24. The van der Waals surface area contributed by atoms with E-state index < -0.39 is 6.29 Å². The van der Waals surface area contributed by atoms with Crippen LogP contribution in [0.1, 0.15) is 17.4 Å². The van der Waals surface area contributed by atoms with Crippen molar-refractivity contribution >= 4 is 29.1 Å². The van der Waals surface area contributed by atoms with E-state index >= 15 is 0 Å². The molecule has 2 aromatic rings. The molecule has 1 aliphatic heterocycles. The van der Waals surface area contributed by atoms with Crippen LogP contribution in [-0.4, -0.2) is 5.90 Å². The van der Waals surface area contributed by atoms with Gasteiger partial charge in [0.05, 0.1) is 10.6 Å². The Balaban J connectivity index is 1.80. The van der Waals surface area contributed by atoms with E-state index in [1.807, 2.05) is 30.3 Å². The van der Waals surface area contributed by atoms with Crippen LogP contribution >= 0.6 is 23.2 Å². The van der Waals surface area contributed by atoms with Crippen LogP contribution in [0.2, 0.25) is 10.0 Å². The molecule has 0 aromatic heterocycles. The zero-order valence-corrected chi connectivity index (χ0v) is 11.2. The number of hydrogen-bond acceptors (Lipinski definition) is 3. The first-order valence-corrected chi connectivity index (χ1v) is 6.40. The standard InChI is InChI=1S/C14H9Cl2NO2/c15-10-7-5-9(6-8-10)14-18-13(17-19-14)11-3-1-2-4-12(11)16/h1-8,14H. The number of oxime groups is 1. The first-order valence-electron chi connectivity index (χ1n) is 5.65. The number of hydrogen-bond donors (Lipinski definition) is 0. The molecule has 0 saturated heterocycles. The molecule has 0 bridgehead atoms. The van der Waals surface area contributed by atoms with E-state index in [9.17, 15) is 0 Å². The Kier molecular flexibility index (Phi) is 3.32. The quantitative estimate of drug-likeness (QED) is 0.822. The molecular formula is C14H9Cl2NO2. The van der Waals surface area contributed by atoms with Crippen LogP contribution in [0.3, 0.4) is 0 Å². The minimum absolute atomic E-state index is 0.380. The van der Waals surface area contributed by atoms with Crippen molar-refractivity contribution in [2.24, 2.45) is 5.16 Å². The third kappa shape index (κ3) is 2.53. The lowest BCUT2D eigenvalue weighted by Crippen LogP contribution is -2.06. The van der Waals surface area contributed by atoms with Gasteiger partial charge < -0.3 is 9.57 Å². The van der Waals surface area contributed by atoms with Gasteiger partial charge in [0.25, 0.3) is 12.2 Å². The molecule has 0 saturated carbocycles. The predicted molar refractivity (Wildman–Crippen MR) is 74.4 cm³/mol. The van der Waals surface area contributed by atoms with Crippen molar-refractivity contribution in [3.63, 3.8) is 0 Å². The molecule has 0 spiro atoms. The summed E-state index contributed by atoms with van der Waals surface area (Å²) in [5.41, 5.74) is 1.55. The number of benzene rings is 2. The molecule has 3 nitrogen and oxygen atoms in total. The third-order valence-corrected chi connectivity index (χ3v) is 3.28. The predicted octanol–water partition coefficient (Wildman–Crippen LogP) is 4.40. The van der Waals surface area contributed by atoms with Crippen LogP contribution in [0.15, 0.2) is 53.7 Å². The van der Waals surface area contributed by atoms with Crippen molar-refractivity contribution < 1.29 is 9.57 Å². The molecule has 1 atom stereocenters. The average molecular weight is 294 g/mol. The maximum Gasteiger partial charge on any atom is 0.293 e. The molecule has 96 valence electrons. The van der Waals surface area contributed by atoms with Gasteiger partial charge in [-0.05, 0) is 29.4 Å². The summed E-state index contributed by atoms with van der Waals surface area (Å²) in [6, 6.07) is 14.5. The van der Waals surface area contributed by atoms with E-state index in [-0.39, 0.29) is 0 Å². The van der Waals surface area contributed by atoms with Gasteiger partial charge in [-0.1, -0.05) is 47.5 Å². The topological polar surface area (TPSA) is 30.8 Å². The SMILES string of the molecule is Clc1ccc(C2ON=C(c3ccccc3Cl)O2)cc1. The van der Waals surface area contributed by atoms with Crippen molar-refractivity contribution in [1.29, 1.82) is 0 Å². The second-order valence-electron chi connectivity index (χ2n) is 3.98. The second kappa shape index (κ2) is 5.11. The fraction of sp³-hybridized carbons (Fsp3) is 0.0714. The van der Waals surface area contributed by atoms with Gasteiger partial charge in [-0.15, -0.1) is 0 Å². The van der Waals surface area contributed by atoms with Gasteiger partial charge in [-0.3, -0.25) is 0 Å². The van der Waals surface area contributed by atoms with E-state index in [4.69, 9.17) is 32.8 Å². The summed E-state index contributed by atoms with van der Waals surface area (Å²) in [4.78, 5) is 5.26. The van der Waals surface area contributed by atoms with Crippen molar-refractivity contribution in [2.75, 3.05) is 0 Å². The van der Waals surface area contributed by atoms with Crippen LogP contribution in [0, 0.1) is 0 Å². The van der Waals surface area contributed by atoms with Crippen LogP contribution < -0.4 is 0 Å². The van der Waals surface area contributed by atoms with E-state index in [0.717, 1.165) is 5.56 Å². The fourth-order valence-electron chi connectivity index (χ4n) is 1.74. The van der Waals surface area contributed by atoms with Crippen molar-refractivity contribution in [2.45, 2.75) is 6.29 Å². The lowest BCUT2D eigenvalue weighted by Gasteiger charge is -2.09. The largest absolute Gasteiger partial charge is 0.428 e. The lowest BCUT2D eigenvalue weighted by atomic mass is 10.2. The highest BCUT2D eigenvalue weighted by Gasteiger charge is 2.25. The molecule has 1 heterocycles. The molecule has 1 aliphatic rings. The molecule has 5 heteroatoms. The van der Waals surface area contributed by atoms with Crippen LogP contribution in [0.25, 0.3) is 0 Å². The Morgan fingerprint density at radius 2 is 1.68 bits per heavy atom. The van der Waals surface area contributed by atoms with Crippen LogP contribution in [0.5, 0.6) is 0 Å².